The van der Waals surface area contributed by atoms with Crippen LogP contribution in [0, 0.1) is 19.7 Å². The zero-order valence-electron chi connectivity index (χ0n) is 9.16. The maximum Gasteiger partial charge on any atom is 0.227 e. The molecule has 2 aromatic rings. The summed E-state index contributed by atoms with van der Waals surface area (Å²) in [6.07, 6.45) is 0. The molecule has 0 radical (unpaired) electrons. The van der Waals surface area contributed by atoms with Gasteiger partial charge in [-0.1, -0.05) is 0 Å². The Morgan fingerprint density at radius 2 is 1.56 bits per heavy atom. The van der Waals surface area contributed by atoms with Crippen molar-refractivity contribution >= 4 is 11.6 Å². The van der Waals surface area contributed by atoms with E-state index in [2.05, 4.69) is 15.3 Å². The Morgan fingerprint density at radius 1 is 1.00 bits per heavy atom. The summed E-state index contributed by atoms with van der Waals surface area (Å²) >= 11 is 0. The van der Waals surface area contributed by atoms with E-state index in [1.807, 2.05) is 19.9 Å². The number of halogens is 1. The van der Waals surface area contributed by atoms with E-state index in [1.54, 1.807) is 12.1 Å². The van der Waals surface area contributed by atoms with Crippen LogP contribution >= 0.6 is 0 Å². The second-order valence-corrected chi connectivity index (χ2v) is 3.61. The number of benzene rings is 1. The van der Waals surface area contributed by atoms with Gasteiger partial charge in [-0.15, -0.1) is 0 Å². The Hall–Kier alpha value is -1.97. The third kappa shape index (κ3) is 2.53. The molecule has 0 saturated heterocycles. The fourth-order valence-corrected chi connectivity index (χ4v) is 1.44. The van der Waals surface area contributed by atoms with Gasteiger partial charge < -0.3 is 5.32 Å². The number of hydrogen-bond donors (Lipinski definition) is 1. The first-order chi connectivity index (χ1) is 7.63. The Bertz CT molecular complexity index is 474. The molecule has 0 fully saturated rings. The molecule has 3 nitrogen and oxygen atoms in total. The van der Waals surface area contributed by atoms with Gasteiger partial charge in [0.1, 0.15) is 5.82 Å². The number of nitrogens with zero attached hydrogens (tertiary/aromatic N) is 2. The van der Waals surface area contributed by atoms with Gasteiger partial charge in [-0.05, 0) is 44.2 Å². The molecule has 0 unspecified atom stereocenters. The first-order valence-corrected chi connectivity index (χ1v) is 4.98. The van der Waals surface area contributed by atoms with Crippen molar-refractivity contribution in [2.45, 2.75) is 13.8 Å². The summed E-state index contributed by atoms with van der Waals surface area (Å²) in [6.45, 7) is 3.81. The van der Waals surface area contributed by atoms with Gasteiger partial charge in [-0.3, -0.25) is 0 Å². The van der Waals surface area contributed by atoms with Crippen molar-refractivity contribution in [2.24, 2.45) is 0 Å². The molecule has 16 heavy (non-hydrogen) atoms. The molecule has 0 aliphatic rings. The first kappa shape index (κ1) is 10.5. The van der Waals surface area contributed by atoms with Gasteiger partial charge in [0.2, 0.25) is 5.95 Å². The lowest BCUT2D eigenvalue weighted by molar-refractivity contribution is 0.628. The van der Waals surface area contributed by atoms with Crippen LogP contribution in [0.25, 0.3) is 0 Å². The molecule has 1 aromatic carbocycles. The summed E-state index contributed by atoms with van der Waals surface area (Å²) in [7, 11) is 0. The van der Waals surface area contributed by atoms with Gasteiger partial charge in [0.05, 0.1) is 0 Å². The summed E-state index contributed by atoms with van der Waals surface area (Å²) in [5, 5.41) is 3.02. The Kier molecular flexibility index (Phi) is 2.81. The first-order valence-electron chi connectivity index (χ1n) is 4.98. The maximum atomic E-state index is 12.7. The SMILES string of the molecule is Cc1cc(C)nc(Nc2ccc(F)cc2)n1. The standard InChI is InChI=1S/C12H12FN3/c1-8-7-9(2)15-12(14-8)16-11-5-3-10(13)4-6-11/h3-7H,1-2H3,(H,14,15,16). The fourth-order valence-electron chi connectivity index (χ4n) is 1.44. The molecule has 0 bridgehead atoms. The Morgan fingerprint density at radius 3 is 2.12 bits per heavy atom. The molecule has 1 heterocycles. The lowest BCUT2D eigenvalue weighted by Crippen LogP contribution is -1.99. The van der Waals surface area contributed by atoms with E-state index in [0.29, 0.717) is 5.95 Å². The van der Waals surface area contributed by atoms with Crippen LogP contribution < -0.4 is 5.32 Å². The molecular formula is C12H12FN3. The molecule has 82 valence electrons. The summed E-state index contributed by atoms with van der Waals surface area (Å²) < 4.78 is 12.7. The van der Waals surface area contributed by atoms with E-state index < -0.39 is 0 Å². The third-order valence-electron chi connectivity index (χ3n) is 2.08. The lowest BCUT2D eigenvalue weighted by atomic mass is 10.3. The highest BCUT2D eigenvalue weighted by Crippen LogP contribution is 2.14. The second-order valence-electron chi connectivity index (χ2n) is 3.61. The van der Waals surface area contributed by atoms with Crippen LogP contribution in [0.5, 0.6) is 0 Å². The predicted octanol–water partition coefficient (Wildman–Crippen LogP) is 2.98. The molecule has 2 rings (SSSR count). The van der Waals surface area contributed by atoms with Crippen LogP contribution in [0.2, 0.25) is 0 Å². The van der Waals surface area contributed by atoms with Crippen LogP contribution in [-0.2, 0) is 0 Å². The summed E-state index contributed by atoms with van der Waals surface area (Å²) in [4.78, 5) is 8.47. The maximum absolute atomic E-state index is 12.7. The summed E-state index contributed by atoms with van der Waals surface area (Å²) in [6, 6.07) is 7.98. The highest BCUT2D eigenvalue weighted by molar-refractivity contribution is 5.52. The summed E-state index contributed by atoms with van der Waals surface area (Å²) in [5.41, 5.74) is 2.57. The van der Waals surface area contributed by atoms with Crippen LogP contribution in [0.4, 0.5) is 16.0 Å². The van der Waals surface area contributed by atoms with Gasteiger partial charge in [-0.25, -0.2) is 14.4 Å². The monoisotopic (exact) mass is 217 g/mol. The van der Waals surface area contributed by atoms with E-state index in [1.165, 1.54) is 12.1 Å². The zero-order valence-corrected chi connectivity index (χ0v) is 9.16. The Labute approximate surface area is 93.4 Å². The third-order valence-corrected chi connectivity index (χ3v) is 2.08. The number of nitrogens with one attached hydrogen (secondary N) is 1. The largest absolute Gasteiger partial charge is 0.324 e. The quantitative estimate of drug-likeness (QED) is 0.840. The van der Waals surface area contributed by atoms with Gasteiger partial charge >= 0.3 is 0 Å². The van der Waals surface area contributed by atoms with Crippen molar-refractivity contribution in [3.05, 3.63) is 47.5 Å². The fraction of sp³-hybridized carbons (Fsp3) is 0.167. The Balaban J connectivity index is 2.23. The molecule has 4 heteroatoms. The van der Waals surface area contributed by atoms with Gasteiger partial charge in [0, 0.05) is 17.1 Å². The molecule has 0 amide bonds. The van der Waals surface area contributed by atoms with Gasteiger partial charge in [0.25, 0.3) is 0 Å². The number of hydrogen-bond acceptors (Lipinski definition) is 3. The van der Waals surface area contributed by atoms with E-state index in [9.17, 15) is 4.39 Å². The zero-order chi connectivity index (χ0) is 11.5. The van der Waals surface area contributed by atoms with Gasteiger partial charge in [0.15, 0.2) is 0 Å². The van der Waals surface area contributed by atoms with E-state index in [-0.39, 0.29) is 5.82 Å². The van der Waals surface area contributed by atoms with Crippen molar-refractivity contribution in [1.82, 2.24) is 9.97 Å². The molecule has 0 spiro atoms. The normalized spacial score (nSPS) is 10.2. The number of aryl methyl sites for hydroxylation is 2. The average molecular weight is 217 g/mol. The smallest absolute Gasteiger partial charge is 0.227 e. The highest BCUT2D eigenvalue weighted by Gasteiger charge is 2.00. The van der Waals surface area contributed by atoms with Crippen molar-refractivity contribution in [3.63, 3.8) is 0 Å². The molecule has 0 atom stereocenters. The van der Waals surface area contributed by atoms with Crippen molar-refractivity contribution < 1.29 is 4.39 Å². The van der Waals surface area contributed by atoms with Crippen LogP contribution in [-0.4, -0.2) is 9.97 Å². The molecule has 1 N–H and O–H groups in total. The number of rotatable bonds is 2. The second kappa shape index (κ2) is 4.26. The van der Waals surface area contributed by atoms with Crippen LogP contribution in [0.1, 0.15) is 11.4 Å². The molecule has 0 aliphatic heterocycles. The van der Waals surface area contributed by atoms with Crippen molar-refractivity contribution in [3.8, 4) is 0 Å². The van der Waals surface area contributed by atoms with Crippen LogP contribution in [0.3, 0.4) is 0 Å². The minimum Gasteiger partial charge on any atom is -0.324 e. The van der Waals surface area contributed by atoms with Crippen LogP contribution in [0.15, 0.2) is 30.3 Å². The minimum absolute atomic E-state index is 0.258. The number of anilines is 2. The predicted molar refractivity (Wildman–Crippen MR) is 61.2 cm³/mol. The van der Waals surface area contributed by atoms with E-state index in [4.69, 9.17) is 0 Å². The molecule has 0 aliphatic carbocycles. The topological polar surface area (TPSA) is 37.8 Å². The highest BCUT2D eigenvalue weighted by atomic mass is 19.1. The van der Waals surface area contributed by atoms with Gasteiger partial charge in [-0.2, -0.15) is 0 Å². The average Bonchev–Trinajstić information content (AvgIpc) is 2.20. The lowest BCUT2D eigenvalue weighted by Gasteiger charge is -2.06. The van der Waals surface area contributed by atoms with E-state index >= 15 is 0 Å². The number of aromatic nitrogens is 2. The van der Waals surface area contributed by atoms with E-state index in [0.717, 1.165) is 17.1 Å². The molecule has 0 saturated carbocycles. The van der Waals surface area contributed by atoms with Crippen molar-refractivity contribution in [2.75, 3.05) is 5.32 Å². The van der Waals surface area contributed by atoms with Crippen molar-refractivity contribution in [1.29, 1.82) is 0 Å². The molecular weight excluding hydrogens is 205 g/mol. The minimum atomic E-state index is -0.258. The molecule has 1 aromatic heterocycles. The summed E-state index contributed by atoms with van der Waals surface area (Å²) in [5.74, 6) is 0.274.